The van der Waals surface area contributed by atoms with Crippen molar-refractivity contribution in [1.29, 1.82) is 0 Å². The molecule has 0 aliphatic carbocycles. The molecule has 0 saturated carbocycles. The van der Waals surface area contributed by atoms with Crippen LogP contribution in [0.2, 0.25) is 0 Å². The van der Waals surface area contributed by atoms with Crippen molar-refractivity contribution in [2.45, 2.75) is 36.2 Å². The molecule has 0 radical (unpaired) electrons. The predicted octanol–water partition coefficient (Wildman–Crippen LogP) is 4.28. The molecule has 4 heteroatoms. The third-order valence-electron chi connectivity index (χ3n) is 4.64. The third-order valence-corrected chi connectivity index (χ3v) is 6.42. The Labute approximate surface area is 135 Å². The van der Waals surface area contributed by atoms with Gasteiger partial charge in [0.2, 0.25) is 0 Å². The normalized spacial score (nSPS) is 24.9. The zero-order chi connectivity index (χ0) is 14.7. The quantitative estimate of drug-likeness (QED) is 0.613. The zero-order valence-corrected chi connectivity index (χ0v) is 14.1. The van der Waals surface area contributed by atoms with E-state index in [-0.39, 0.29) is 11.5 Å². The summed E-state index contributed by atoms with van der Waals surface area (Å²) >= 11 is 3.67. The van der Waals surface area contributed by atoms with E-state index in [0.29, 0.717) is 5.78 Å². The molecular weight excluding hydrogens is 300 g/mol. The zero-order valence-electron chi connectivity index (χ0n) is 12.5. The molecule has 2 saturated heterocycles. The number of Topliss-reactive ketones (excluding diaryl/α,β-unsaturated/α-hetero) is 1. The van der Waals surface area contributed by atoms with Gasteiger partial charge in [-0.25, -0.2) is 0 Å². The van der Waals surface area contributed by atoms with Crippen molar-refractivity contribution < 1.29 is 9.53 Å². The van der Waals surface area contributed by atoms with E-state index in [2.05, 4.69) is 0 Å². The molecule has 1 unspecified atom stereocenters. The van der Waals surface area contributed by atoms with Gasteiger partial charge in [-0.3, -0.25) is 4.79 Å². The molecule has 21 heavy (non-hydrogen) atoms. The first kappa shape index (κ1) is 15.4. The van der Waals surface area contributed by atoms with Gasteiger partial charge in [0.15, 0.2) is 5.78 Å². The van der Waals surface area contributed by atoms with Crippen LogP contribution in [-0.2, 0) is 4.74 Å². The molecule has 1 aromatic carbocycles. The highest BCUT2D eigenvalue weighted by atomic mass is 32.2. The number of ketones is 1. The van der Waals surface area contributed by atoms with Crippen molar-refractivity contribution >= 4 is 29.3 Å². The Kier molecular flexibility index (Phi) is 4.97. The fourth-order valence-electron chi connectivity index (χ4n) is 3.41. The Hall–Kier alpha value is -0.450. The molecule has 2 fully saturated rings. The van der Waals surface area contributed by atoms with Crippen LogP contribution in [0.1, 0.15) is 36.0 Å². The summed E-state index contributed by atoms with van der Waals surface area (Å²) in [6, 6.07) is 8.00. The number of carbonyl (C=O) groups is 1. The van der Waals surface area contributed by atoms with Crippen molar-refractivity contribution in [1.82, 2.24) is 0 Å². The third kappa shape index (κ3) is 3.33. The first-order chi connectivity index (χ1) is 10.2. The van der Waals surface area contributed by atoms with Gasteiger partial charge < -0.3 is 4.74 Å². The van der Waals surface area contributed by atoms with E-state index in [1.807, 2.05) is 42.3 Å². The van der Waals surface area contributed by atoms with Crippen LogP contribution in [-0.4, -0.2) is 35.8 Å². The monoisotopic (exact) mass is 322 g/mol. The Morgan fingerprint density at radius 1 is 1.33 bits per heavy atom. The topological polar surface area (TPSA) is 26.3 Å². The number of hydrogen-bond donors (Lipinski definition) is 0. The standard InChI is InChI=1S/C17H22O2S2/c1-20-15-5-3-2-4-14(15)16(18)13-6-9-19-17(12-13)7-10-21-11-8-17/h2-5,13H,6-12H2,1H3. The maximum absolute atomic E-state index is 12.9. The summed E-state index contributed by atoms with van der Waals surface area (Å²) in [6.07, 6.45) is 6.03. The van der Waals surface area contributed by atoms with E-state index in [4.69, 9.17) is 4.74 Å². The van der Waals surface area contributed by atoms with Crippen LogP contribution >= 0.6 is 23.5 Å². The molecule has 0 aromatic heterocycles. The fraction of sp³-hybridized carbons (Fsp3) is 0.588. The minimum atomic E-state index is -0.0157. The van der Waals surface area contributed by atoms with Crippen LogP contribution in [0.15, 0.2) is 29.2 Å². The molecule has 1 aromatic rings. The van der Waals surface area contributed by atoms with Crippen molar-refractivity contribution in [3.8, 4) is 0 Å². The molecule has 0 bridgehead atoms. The number of thioether (sulfide) groups is 2. The molecule has 0 N–H and O–H groups in total. The minimum absolute atomic E-state index is 0.0157. The average Bonchev–Trinajstić information content (AvgIpc) is 2.55. The molecule has 3 rings (SSSR count). The first-order valence-corrected chi connectivity index (χ1v) is 10.0. The van der Waals surface area contributed by atoms with Crippen LogP contribution in [0.3, 0.4) is 0 Å². The SMILES string of the molecule is CSc1ccccc1C(=O)C1CCOC2(CCSCC2)C1. The molecule has 1 spiro atoms. The first-order valence-electron chi connectivity index (χ1n) is 7.63. The second kappa shape index (κ2) is 6.76. The van der Waals surface area contributed by atoms with Gasteiger partial charge in [-0.05, 0) is 49.5 Å². The van der Waals surface area contributed by atoms with Crippen LogP contribution in [0.5, 0.6) is 0 Å². The second-order valence-corrected chi connectivity index (χ2v) is 7.97. The van der Waals surface area contributed by atoms with Gasteiger partial charge >= 0.3 is 0 Å². The lowest BCUT2D eigenvalue weighted by Crippen LogP contribution is -2.44. The van der Waals surface area contributed by atoms with Gasteiger partial charge in [-0.15, -0.1) is 11.8 Å². The molecule has 2 aliphatic heterocycles. The molecule has 114 valence electrons. The van der Waals surface area contributed by atoms with E-state index >= 15 is 0 Å². The van der Waals surface area contributed by atoms with Crippen molar-refractivity contribution in [3.63, 3.8) is 0 Å². The molecule has 2 nitrogen and oxygen atoms in total. The smallest absolute Gasteiger partial charge is 0.167 e. The predicted molar refractivity (Wildman–Crippen MR) is 90.5 cm³/mol. The number of hydrogen-bond acceptors (Lipinski definition) is 4. The summed E-state index contributed by atoms with van der Waals surface area (Å²) < 4.78 is 6.11. The molecule has 2 aliphatic rings. The van der Waals surface area contributed by atoms with E-state index < -0.39 is 0 Å². The van der Waals surface area contributed by atoms with Crippen molar-refractivity contribution in [2.75, 3.05) is 24.4 Å². The number of benzene rings is 1. The van der Waals surface area contributed by atoms with Gasteiger partial charge in [0, 0.05) is 23.0 Å². The summed E-state index contributed by atoms with van der Waals surface area (Å²) in [5.41, 5.74) is 0.884. The van der Waals surface area contributed by atoms with E-state index in [1.165, 1.54) is 11.5 Å². The Morgan fingerprint density at radius 3 is 2.86 bits per heavy atom. The number of ether oxygens (including phenoxy) is 1. The highest BCUT2D eigenvalue weighted by molar-refractivity contribution is 7.99. The second-order valence-electron chi connectivity index (χ2n) is 5.90. The Bertz CT molecular complexity index is 504. The average molecular weight is 322 g/mol. The van der Waals surface area contributed by atoms with E-state index in [0.717, 1.165) is 42.7 Å². The molecular formula is C17H22O2S2. The number of carbonyl (C=O) groups excluding carboxylic acids is 1. The lowest BCUT2D eigenvalue weighted by molar-refractivity contribution is -0.0959. The van der Waals surface area contributed by atoms with E-state index in [1.54, 1.807) is 11.8 Å². The highest BCUT2D eigenvalue weighted by Gasteiger charge is 2.41. The van der Waals surface area contributed by atoms with Crippen LogP contribution < -0.4 is 0 Å². The van der Waals surface area contributed by atoms with Gasteiger partial charge in [0.05, 0.1) is 5.60 Å². The summed E-state index contributed by atoms with van der Waals surface area (Å²) in [4.78, 5) is 14.0. The molecule has 0 amide bonds. The summed E-state index contributed by atoms with van der Waals surface area (Å²) in [5.74, 6) is 2.79. The molecule has 1 atom stereocenters. The van der Waals surface area contributed by atoms with Crippen molar-refractivity contribution in [3.05, 3.63) is 29.8 Å². The number of rotatable bonds is 3. The lowest BCUT2D eigenvalue weighted by Gasteiger charge is -2.43. The van der Waals surface area contributed by atoms with Crippen LogP contribution in [0.25, 0.3) is 0 Å². The lowest BCUT2D eigenvalue weighted by atomic mass is 9.79. The Balaban J connectivity index is 1.78. The molecule has 2 heterocycles. The van der Waals surface area contributed by atoms with Gasteiger partial charge in [-0.2, -0.15) is 11.8 Å². The van der Waals surface area contributed by atoms with Crippen molar-refractivity contribution in [2.24, 2.45) is 5.92 Å². The summed E-state index contributed by atoms with van der Waals surface area (Å²) in [7, 11) is 0. The van der Waals surface area contributed by atoms with Gasteiger partial charge in [-0.1, -0.05) is 18.2 Å². The summed E-state index contributed by atoms with van der Waals surface area (Å²) in [5, 5.41) is 0. The van der Waals surface area contributed by atoms with Crippen LogP contribution in [0.4, 0.5) is 0 Å². The largest absolute Gasteiger partial charge is 0.375 e. The fourth-order valence-corrected chi connectivity index (χ4v) is 5.25. The maximum atomic E-state index is 12.9. The van der Waals surface area contributed by atoms with Gasteiger partial charge in [0.1, 0.15) is 0 Å². The van der Waals surface area contributed by atoms with E-state index in [9.17, 15) is 4.79 Å². The maximum Gasteiger partial charge on any atom is 0.167 e. The minimum Gasteiger partial charge on any atom is -0.375 e. The summed E-state index contributed by atoms with van der Waals surface area (Å²) in [6.45, 7) is 0.739. The van der Waals surface area contributed by atoms with Gasteiger partial charge in [0.25, 0.3) is 0 Å². The van der Waals surface area contributed by atoms with Crippen LogP contribution in [0, 0.1) is 5.92 Å². The highest BCUT2D eigenvalue weighted by Crippen LogP contribution is 2.41. The Morgan fingerprint density at radius 2 is 2.10 bits per heavy atom.